The second-order valence-electron chi connectivity index (χ2n) is 8.19. The lowest BCUT2D eigenvalue weighted by atomic mass is 9.84. The highest BCUT2D eigenvalue weighted by Gasteiger charge is 2.33. The Kier molecular flexibility index (Phi) is 8.29. The molecule has 5 nitrogen and oxygen atoms in total. The molecule has 1 unspecified atom stereocenters. The molecular formula is C22H36N4O. The number of rotatable bonds is 4. The number of carbonyl (C=O) groups excluding carboxylic acids is 1. The van der Waals surface area contributed by atoms with Crippen molar-refractivity contribution in [2.75, 3.05) is 19.6 Å². The van der Waals surface area contributed by atoms with Gasteiger partial charge in [0, 0.05) is 44.2 Å². The van der Waals surface area contributed by atoms with Crippen LogP contribution in [0.3, 0.4) is 0 Å². The first-order valence-corrected chi connectivity index (χ1v) is 10.3. The molecule has 0 aromatic rings. The third-order valence-electron chi connectivity index (χ3n) is 5.77. The van der Waals surface area contributed by atoms with Gasteiger partial charge >= 0.3 is 0 Å². The molecule has 1 atom stereocenters. The Balaban J connectivity index is 0.000000313. The number of amides is 1. The van der Waals surface area contributed by atoms with Crippen molar-refractivity contribution in [2.45, 2.75) is 64.8 Å². The first-order valence-electron chi connectivity index (χ1n) is 10.3. The summed E-state index contributed by atoms with van der Waals surface area (Å²) < 4.78 is 0. The van der Waals surface area contributed by atoms with Gasteiger partial charge in [0.2, 0.25) is 5.91 Å². The van der Waals surface area contributed by atoms with Gasteiger partial charge < -0.3 is 21.4 Å². The van der Waals surface area contributed by atoms with Gasteiger partial charge in [-0.3, -0.25) is 4.79 Å². The molecule has 2 heterocycles. The Morgan fingerprint density at radius 1 is 1.44 bits per heavy atom. The summed E-state index contributed by atoms with van der Waals surface area (Å²) in [6.07, 6.45) is 17.3. The van der Waals surface area contributed by atoms with Crippen LogP contribution in [0.25, 0.3) is 0 Å². The van der Waals surface area contributed by atoms with Crippen LogP contribution in [0.5, 0.6) is 0 Å². The van der Waals surface area contributed by atoms with Crippen LogP contribution < -0.4 is 11.1 Å². The molecule has 1 saturated heterocycles. The van der Waals surface area contributed by atoms with Crippen LogP contribution in [0.4, 0.5) is 0 Å². The van der Waals surface area contributed by atoms with Crippen LogP contribution in [0, 0.1) is 10.8 Å². The number of carbonyl (C=O) groups is 1. The predicted octanol–water partition coefficient (Wildman–Crippen LogP) is 3.53. The number of likely N-dealkylation sites (tertiary alicyclic amines) is 1. The second kappa shape index (κ2) is 10.5. The average Bonchev–Trinajstić information content (AvgIpc) is 3.33. The summed E-state index contributed by atoms with van der Waals surface area (Å²) in [7, 11) is 0. The van der Waals surface area contributed by atoms with Gasteiger partial charge in [-0.05, 0) is 43.4 Å². The van der Waals surface area contributed by atoms with Crippen molar-refractivity contribution >= 4 is 11.6 Å². The third kappa shape index (κ3) is 6.65. The van der Waals surface area contributed by atoms with E-state index in [-0.39, 0.29) is 11.3 Å². The van der Waals surface area contributed by atoms with E-state index in [0.717, 1.165) is 18.5 Å². The summed E-state index contributed by atoms with van der Waals surface area (Å²) in [4.78, 5) is 14.4. The molecule has 1 aliphatic carbocycles. The smallest absolute Gasteiger partial charge is 0.223 e. The molecule has 4 N–H and O–H groups in total. The quantitative estimate of drug-likeness (QED) is 0.706. The molecule has 1 amide bonds. The highest BCUT2D eigenvalue weighted by molar-refractivity contribution is 6.00. The lowest BCUT2D eigenvalue weighted by Crippen LogP contribution is -2.41. The second-order valence-corrected chi connectivity index (χ2v) is 8.19. The summed E-state index contributed by atoms with van der Waals surface area (Å²) in [6.45, 7) is 6.28. The van der Waals surface area contributed by atoms with Gasteiger partial charge in [-0.1, -0.05) is 44.1 Å². The Morgan fingerprint density at radius 3 is 2.74 bits per heavy atom. The van der Waals surface area contributed by atoms with Crippen molar-refractivity contribution < 1.29 is 4.79 Å². The fourth-order valence-electron chi connectivity index (χ4n) is 3.92. The summed E-state index contributed by atoms with van der Waals surface area (Å²) in [6, 6.07) is 0.514. The Bertz CT molecular complexity index is 591. The Hall–Kier alpha value is -1.88. The van der Waals surface area contributed by atoms with Crippen molar-refractivity contribution in [3.05, 3.63) is 36.1 Å². The maximum absolute atomic E-state index is 12.5. The van der Waals surface area contributed by atoms with E-state index >= 15 is 0 Å². The number of nitrogens with one attached hydrogen (secondary N) is 2. The van der Waals surface area contributed by atoms with Crippen molar-refractivity contribution in [3.63, 3.8) is 0 Å². The summed E-state index contributed by atoms with van der Waals surface area (Å²) in [5.41, 5.74) is 7.21. The van der Waals surface area contributed by atoms with Gasteiger partial charge in [-0.2, -0.15) is 0 Å². The zero-order valence-corrected chi connectivity index (χ0v) is 17.0. The molecule has 2 aliphatic heterocycles. The van der Waals surface area contributed by atoms with E-state index in [1.807, 2.05) is 36.3 Å². The van der Waals surface area contributed by atoms with Crippen molar-refractivity contribution in [1.29, 1.82) is 5.41 Å². The van der Waals surface area contributed by atoms with E-state index in [1.165, 1.54) is 25.7 Å². The molecule has 0 aromatic carbocycles. The van der Waals surface area contributed by atoms with E-state index in [2.05, 4.69) is 18.3 Å². The van der Waals surface area contributed by atoms with Crippen LogP contribution in [-0.2, 0) is 4.79 Å². The van der Waals surface area contributed by atoms with Crippen LogP contribution in [0.2, 0.25) is 0 Å². The zero-order valence-electron chi connectivity index (χ0n) is 17.0. The van der Waals surface area contributed by atoms with E-state index in [9.17, 15) is 4.79 Å². The number of hydrogen-bond acceptors (Lipinski definition) is 4. The minimum Gasteiger partial charge on any atom is -0.387 e. The molecule has 3 rings (SSSR count). The highest BCUT2D eigenvalue weighted by Crippen LogP contribution is 2.41. The van der Waals surface area contributed by atoms with Gasteiger partial charge in [-0.15, -0.1) is 0 Å². The maximum Gasteiger partial charge on any atom is 0.223 e. The largest absolute Gasteiger partial charge is 0.387 e. The molecule has 0 bridgehead atoms. The lowest BCUT2D eigenvalue weighted by Gasteiger charge is -2.32. The number of allylic oxidation sites excluding steroid dienone is 3. The molecule has 150 valence electrons. The molecule has 0 spiro atoms. The molecule has 0 radical (unpaired) electrons. The minimum atomic E-state index is 0.217. The van der Waals surface area contributed by atoms with E-state index in [0.29, 0.717) is 37.7 Å². The normalized spacial score (nSPS) is 25.6. The van der Waals surface area contributed by atoms with E-state index in [1.54, 1.807) is 0 Å². The van der Waals surface area contributed by atoms with Gasteiger partial charge in [0.1, 0.15) is 0 Å². The number of nitrogens with two attached hydrogens (primary N) is 1. The number of piperidine rings is 1. The van der Waals surface area contributed by atoms with Gasteiger partial charge in [-0.25, -0.2) is 0 Å². The average molecular weight is 373 g/mol. The van der Waals surface area contributed by atoms with E-state index < -0.39 is 0 Å². The number of hydrogen-bond donors (Lipinski definition) is 3. The Labute approximate surface area is 164 Å². The van der Waals surface area contributed by atoms with Crippen LogP contribution in [-0.4, -0.2) is 42.2 Å². The van der Waals surface area contributed by atoms with Crippen molar-refractivity contribution in [3.8, 4) is 0 Å². The molecular weight excluding hydrogens is 336 g/mol. The monoisotopic (exact) mass is 372 g/mol. The number of nitrogens with zero attached hydrogens (tertiary/aromatic N) is 1. The van der Waals surface area contributed by atoms with Crippen LogP contribution >= 0.6 is 0 Å². The Morgan fingerprint density at radius 2 is 2.19 bits per heavy atom. The fraction of sp³-hybridized carbons (Fsp3) is 0.636. The molecule has 1 saturated carbocycles. The van der Waals surface area contributed by atoms with Crippen LogP contribution in [0.1, 0.15) is 58.8 Å². The van der Waals surface area contributed by atoms with Gasteiger partial charge in [0.15, 0.2) is 0 Å². The van der Waals surface area contributed by atoms with Crippen molar-refractivity contribution in [1.82, 2.24) is 10.2 Å². The summed E-state index contributed by atoms with van der Waals surface area (Å²) in [5.74, 6) is 0.272. The molecule has 27 heavy (non-hydrogen) atoms. The maximum atomic E-state index is 12.5. The SMILES string of the molecule is C/C=C/C=C1/CN(C(=O)CC2(C)CCCC2)CCC1=N.NCC1CC=CN1. The van der Waals surface area contributed by atoms with Gasteiger partial charge in [0.05, 0.1) is 0 Å². The predicted molar refractivity (Wildman–Crippen MR) is 113 cm³/mol. The van der Waals surface area contributed by atoms with E-state index in [4.69, 9.17) is 11.1 Å². The lowest BCUT2D eigenvalue weighted by molar-refractivity contribution is -0.133. The van der Waals surface area contributed by atoms with Crippen molar-refractivity contribution in [2.24, 2.45) is 11.1 Å². The minimum absolute atomic E-state index is 0.217. The third-order valence-corrected chi connectivity index (χ3v) is 5.77. The highest BCUT2D eigenvalue weighted by atomic mass is 16.2. The topological polar surface area (TPSA) is 82.2 Å². The molecule has 5 heteroatoms. The fourth-order valence-corrected chi connectivity index (χ4v) is 3.92. The molecule has 0 aromatic heterocycles. The first-order chi connectivity index (χ1) is 13.0. The molecule has 2 fully saturated rings. The molecule has 3 aliphatic rings. The summed E-state index contributed by atoms with van der Waals surface area (Å²) >= 11 is 0. The van der Waals surface area contributed by atoms with Crippen LogP contribution in [0.15, 0.2) is 36.1 Å². The zero-order chi connectivity index (χ0) is 19.7. The standard InChI is InChI=1S/C17H26N2O.C5H10N2/c1-3-4-7-14-13-19(11-8-15(14)18)16(20)12-17(2)9-5-6-10-17;6-4-5-2-1-3-7-5/h3-4,7,18H,5-6,8-13H2,1-2H3;1,3,5,7H,2,4,6H2/b4-3+,14-7-,18-15?;. The summed E-state index contributed by atoms with van der Waals surface area (Å²) in [5, 5.41) is 11.1. The van der Waals surface area contributed by atoms with Gasteiger partial charge in [0.25, 0.3) is 0 Å². The first kappa shape index (κ1) is 21.4.